The Morgan fingerprint density at radius 1 is 0.500 bits per heavy atom. The van der Waals surface area contributed by atoms with Gasteiger partial charge in [0.05, 0.1) is 23.3 Å². The average molecular weight is 587 g/mol. The van der Waals surface area contributed by atoms with Crippen LogP contribution in [0, 0.1) is 22.7 Å². The van der Waals surface area contributed by atoms with E-state index in [2.05, 4.69) is 98.2 Å². The molecule has 0 aromatic heterocycles. The second-order valence-electron chi connectivity index (χ2n) is 11.5. The fourth-order valence-electron chi connectivity index (χ4n) is 5.22. The molecule has 230 valence electrons. The van der Waals surface area contributed by atoms with Crippen LogP contribution in [-0.4, -0.2) is 26.2 Å². The molecule has 3 aromatic rings. The fourth-order valence-corrected chi connectivity index (χ4v) is 5.22. The van der Waals surface area contributed by atoms with Crippen LogP contribution in [0.5, 0.6) is 0 Å². The summed E-state index contributed by atoms with van der Waals surface area (Å²) in [5.41, 5.74) is 7.47. The molecule has 0 N–H and O–H groups in total. The Balaban J connectivity index is 1.74. The summed E-state index contributed by atoms with van der Waals surface area (Å²) >= 11 is 0. The van der Waals surface area contributed by atoms with Gasteiger partial charge in [0.25, 0.3) is 0 Å². The molecule has 3 rings (SSSR count). The number of allylic oxidation sites excluding steroid dienone is 2. The maximum absolute atomic E-state index is 9.94. The standard InChI is InChI=1S/C40H50N4/c1-5-9-25-43(26-10-6-2)39-21-17-35(18-22-39)37(31-41)29-33-13-15-34(16-14-33)30-38(32-42)36-19-23-40(24-20-36)44(27-11-7-3)28-12-8-4/h13-24,29-30H,5-12,25-28H2,1-4H3/b37-29+,38-30+. The monoisotopic (exact) mass is 586 g/mol. The highest BCUT2D eigenvalue weighted by molar-refractivity contribution is 5.91. The minimum absolute atomic E-state index is 0.637. The quantitative estimate of drug-likeness (QED) is 0.110. The number of nitriles is 2. The van der Waals surface area contributed by atoms with Crippen LogP contribution in [0.1, 0.15) is 101 Å². The van der Waals surface area contributed by atoms with Gasteiger partial charge in [-0.1, -0.05) is 102 Å². The molecule has 4 nitrogen and oxygen atoms in total. The van der Waals surface area contributed by atoms with Crippen LogP contribution in [0.3, 0.4) is 0 Å². The van der Waals surface area contributed by atoms with Gasteiger partial charge >= 0.3 is 0 Å². The Kier molecular flexibility index (Phi) is 14.8. The zero-order valence-corrected chi connectivity index (χ0v) is 27.4. The topological polar surface area (TPSA) is 54.1 Å². The third-order valence-electron chi connectivity index (χ3n) is 8.01. The summed E-state index contributed by atoms with van der Waals surface area (Å²) in [6, 6.07) is 29.6. The molecule has 0 saturated carbocycles. The Labute approximate surface area is 266 Å². The highest BCUT2D eigenvalue weighted by atomic mass is 15.1. The van der Waals surface area contributed by atoms with E-state index in [4.69, 9.17) is 0 Å². The minimum Gasteiger partial charge on any atom is -0.372 e. The van der Waals surface area contributed by atoms with Crippen molar-refractivity contribution in [3.63, 3.8) is 0 Å². The summed E-state index contributed by atoms with van der Waals surface area (Å²) in [6.07, 6.45) is 13.3. The molecule has 4 heteroatoms. The molecule has 0 saturated heterocycles. The van der Waals surface area contributed by atoms with Crippen molar-refractivity contribution >= 4 is 34.7 Å². The molecule has 0 bridgehead atoms. The second kappa shape index (κ2) is 19.1. The van der Waals surface area contributed by atoms with E-state index in [0.717, 1.165) is 48.4 Å². The van der Waals surface area contributed by atoms with E-state index in [9.17, 15) is 10.5 Å². The molecule has 0 aliphatic carbocycles. The highest BCUT2D eigenvalue weighted by Crippen LogP contribution is 2.25. The van der Waals surface area contributed by atoms with E-state index in [1.54, 1.807) is 0 Å². The summed E-state index contributed by atoms with van der Waals surface area (Å²) < 4.78 is 0. The zero-order valence-electron chi connectivity index (χ0n) is 27.4. The van der Waals surface area contributed by atoms with E-state index in [-0.39, 0.29) is 0 Å². The molecule has 0 fully saturated rings. The number of rotatable bonds is 18. The predicted octanol–water partition coefficient (Wildman–Crippen LogP) is 10.6. The van der Waals surface area contributed by atoms with E-state index in [0.29, 0.717) is 11.1 Å². The Morgan fingerprint density at radius 2 is 0.795 bits per heavy atom. The second-order valence-corrected chi connectivity index (χ2v) is 11.5. The molecular weight excluding hydrogens is 536 g/mol. The zero-order chi connectivity index (χ0) is 31.6. The Morgan fingerprint density at radius 3 is 1.05 bits per heavy atom. The smallest absolute Gasteiger partial charge is 0.0998 e. The van der Waals surface area contributed by atoms with Gasteiger partial charge < -0.3 is 9.80 Å². The van der Waals surface area contributed by atoms with Crippen molar-refractivity contribution in [2.45, 2.75) is 79.1 Å². The first-order chi connectivity index (χ1) is 21.6. The van der Waals surface area contributed by atoms with Gasteiger partial charge in [0.15, 0.2) is 0 Å². The van der Waals surface area contributed by atoms with Crippen molar-refractivity contribution in [3.05, 3.63) is 95.1 Å². The van der Waals surface area contributed by atoms with Crippen molar-refractivity contribution in [2.75, 3.05) is 36.0 Å². The largest absolute Gasteiger partial charge is 0.372 e. The lowest BCUT2D eigenvalue weighted by Gasteiger charge is -2.25. The SMILES string of the molecule is CCCCN(CCCC)c1ccc(/C(C#N)=C/c2ccc(/C=C(\C#N)c3ccc(N(CCCC)CCCC)cc3)cc2)cc1. The molecule has 3 aromatic carbocycles. The lowest BCUT2D eigenvalue weighted by molar-refractivity contribution is 0.678. The molecule has 44 heavy (non-hydrogen) atoms. The first kappa shape index (κ1) is 34.2. The summed E-state index contributed by atoms with van der Waals surface area (Å²) in [6.45, 7) is 13.2. The van der Waals surface area contributed by atoms with Crippen molar-refractivity contribution in [3.8, 4) is 12.1 Å². The number of anilines is 2. The van der Waals surface area contributed by atoms with Gasteiger partial charge in [-0.05, 0) is 84.4 Å². The molecule has 0 unspecified atom stereocenters. The summed E-state index contributed by atoms with van der Waals surface area (Å²) in [7, 11) is 0. The van der Waals surface area contributed by atoms with Crippen LogP contribution in [0.25, 0.3) is 23.3 Å². The number of nitrogens with zero attached hydrogens (tertiary/aromatic N) is 4. The fraction of sp³-hybridized carbons (Fsp3) is 0.400. The predicted molar refractivity (Wildman–Crippen MR) is 190 cm³/mol. The molecule has 0 atom stereocenters. The van der Waals surface area contributed by atoms with E-state index in [1.807, 2.05) is 36.4 Å². The minimum atomic E-state index is 0.637. The van der Waals surface area contributed by atoms with Crippen LogP contribution < -0.4 is 9.80 Å². The van der Waals surface area contributed by atoms with E-state index >= 15 is 0 Å². The molecule has 0 aliphatic rings. The molecule has 0 amide bonds. The third-order valence-corrected chi connectivity index (χ3v) is 8.01. The summed E-state index contributed by atoms with van der Waals surface area (Å²) in [4.78, 5) is 4.91. The highest BCUT2D eigenvalue weighted by Gasteiger charge is 2.09. The Hall–Kier alpha value is -4.28. The van der Waals surface area contributed by atoms with E-state index < -0.39 is 0 Å². The van der Waals surface area contributed by atoms with Crippen LogP contribution in [0.4, 0.5) is 11.4 Å². The third kappa shape index (κ3) is 10.5. The maximum atomic E-state index is 9.94. The van der Waals surface area contributed by atoms with Crippen molar-refractivity contribution in [1.82, 2.24) is 0 Å². The van der Waals surface area contributed by atoms with Crippen LogP contribution in [0.15, 0.2) is 72.8 Å². The first-order valence-electron chi connectivity index (χ1n) is 16.6. The normalized spacial score (nSPS) is 11.6. The first-order valence-corrected chi connectivity index (χ1v) is 16.6. The number of benzene rings is 3. The number of hydrogen-bond acceptors (Lipinski definition) is 4. The van der Waals surface area contributed by atoms with Crippen molar-refractivity contribution in [1.29, 1.82) is 10.5 Å². The van der Waals surface area contributed by atoms with Gasteiger partial charge in [0, 0.05) is 37.6 Å². The molecule has 0 aliphatic heterocycles. The lowest BCUT2D eigenvalue weighted by Crippen LogP contribution is -2.25. The Bertz CT molecular complexity index is 1270. The van der Waals surface area contributed by atoms with Crippen molar-refractivity contribution < 1.29 is 0 Å². The van der Waals surface area contributed by atoms with Crippen LogP contribution in [-0.2, 0) is 0 Å². The average Bonchev–Trinajstić information content (AvgIpc) is 3.07. The molecular formula is C40H50N4. The van der Waals surface area contributed by atoms with Gasteiger partial charge in [-0.2, -0.15) is 10.5 Å². The summed E-state index contributed by atoms with van der Waals surface area (Å²) in [5, 5.41) is 19.9. The summed E-state index contributed by atoms with van der Waals surface area (Å²) in [5.74, 6) is 0. The molecule has 0 spiro atoms. The maximum Gasteiger partial charge on any atom is 0.0998 e. The van der Waals surface area contributed by atoms with Gasteiger partial charge in [-0.15, -0.1) is 0 Å². The number of unbranched alkanes of at least 4 members (excludes halogenated alkanes) is 4. The molecule has 0 radical (unpaired) electrons. The lowest BCUT2D eigenvalue weighted by atomic mass is 10.0. The van der Waals surface area contributed by atoms with Crippen molar-refractivity contribution in [2.24, 2.45) is 0 Å². The van der Waals surface area contributed by atoms with Gasteiger partial charge in [0.2, 0.25) is 0 Å². The molecule has 0 heterocycles. The van der Waals surface area contributed by atoms with Gasteiger partial charge in [0.1, 0.15) is 0 Å². The van der Waals surface area contributed by atoms with Crippen LogP contribution >= 0.6 is 0 Å². The van der Waals surface area contributed by atoms with Gasteiger partial charge in [-0.25, -0.2) is 0 Å². The van der Waals surface area contributed by atoms with E-state index in [1.165, 1.54) is 62.7 Å². The van der Waals surface area contributed by atoms with Gasteiger partial charge in [-0.3, -0.25) is 0 Å². The van der Waals surface area contributed by atoms with Crippen LogP contribution in [0.2, 0.25) is 0 Å². The number of hydrogen-bond donors (Lipinski definition) is 0.